The summed E-state index contributed by atoms with van der Waals surface area (Å²) in [6, 6.07) is 7.65. The number of alkyl halides is 3. The molecule has 0 aliphatic carbocycles. The summed E-state index contributed by atoms with van der Waals surface area (Å²) >= 11 is 22.8. The molecule has 1 atom stereocenters. The van der Waals surface area contributed by atoms with Gasteiger partial charge in [0, 0.05) is 12.6 Å². The maximum Gasteiger partial charge on any atom is 0.230 e. The summed E-state index contributed by atoms with van der Waals surface area (Å²) in [6.07, 6.45) is -0.890. The maximum absolute atomic E-state index is 5.93. The Morgan fingerprint density at radius 3 is 2.29 bits per heavy atom. The summed E-state index contributed by atoms with van der Waals surface area (Å²) in [5.74, 6) is 0.345. The molecule has 0 spiro atoms. The van der Waals surface area contributed by atoms with E-state index in [-0.39, 0.29) is 0 Å². The summed E-state index contributed by atoms with van der Waals surface area (Å²) in [4.78, 5) is 4.31. The smallest absolute Gasteiger partial charge is 0.230 e. The summed E-state index contributed by atoms with van der Waals surface area (Å²) in [5.41, 5.74) is 1.90. The van der Waals surface area contributed by atoms with Crippen molar-refractivity contribution in [3.8, 4) is 0 Å². The molecule has 1 aromatic carbocycles. The van der Waals surface area contributed by atoms with E-state index in [1.807, 2.05) is 31.2 Å². The second-order valence-electron chi connectivity index (χ2n) is 4.17. The number of aliphatic imine (C=N–C) groups is 1. The first-order valence-corrected chi connectivity index (χ1v) is 7.56. The summed E-state index contributed by atoms with van der Waals surface area (Å²) < 4.78 is 3.60. The Balaban J connectivity index is 3.10. The minimum absolute atomic E-state index is 0.314. The Kier molecular flexibility index (Phi) is 7.00. The Bertz CT molecular complexity index is 514. The van der Waals surface area contributed by atoms with Crippen molar-refractivity contribution in [3.05, 3.63) is 35.4 Å². The molecule has 0 aromatic heterocycles. The van der Waals surface area contributed by atoms with Gasteiger partial charge in [-0.1, -0.05) is 52.5 Å². The Hall–Kier alpha value is -0.750. The lowest BCUT2D eigenvalue weighted by atomic mass is 10.1. The lowest BCUT2D eigenvalue weighted by Crippen LogP contribution is -2.46. The average Bonchev–Trinajstić information content (AvgIpc) is 2.43. The zero-order valence-electron chi connectivity index (χ0n) is 11.8. The van der Waals surface area contributed by atoms with Gasteiger partial charge in [0.25, 0.3) is 0 Å². The number of methoxy groups -OCH3 is 1. The highest BCUT2D eigenvalue weighted by Crippen LogP contribution is 2.31. The van der Waals surface area contributed by atoms with Crippen LogP contribution in [-0.2, 0) is 4.74 Å². The van der Waals surface area contributed by atoms with Crippen LogP contribution in [-0.4, -0.2) is 35.1 Å². The molecule has 0 fully saturated rings. The van der Waals surface area contributed by atoms with Crippen molar-refractivity contribution in [3.63, 3.8) is 0 Å². The van der Waals surface area contributed by atoms with Gasteiger partial charge in [-0.15, -0.1) is 0 Å². The predicted molar refractivity (Wildman–Crippen MR) is 93.6 cm³/mol. The fourth-order valence-corrected chi connectivity index (χ4v) is 1.86. The first-order valence-electron chi connectivity index (χ1n) is 6.01. The quantitative estimate of drug-likeness (QED) is 0.372. The van der Waals surface area contributed by atoms with Crippen LogP contribution >= 0.6 is 47.0 Å². The van der Waals surface area contributed by atoms with Crippen molar-refractivity contribution < 1.29 is 4.74 Å². The van der Waals surface area contributed by atoms with E-state index in [1.54, 1.807) is 7.05 Å². The fraction of sp³-hybridized carbons (Fsp3) is 0.385. The van der Waals surface area contributed by atoms with Gasteiger partial charge in [-0.25, -0.2) is 4.99 Å². The van der Waals surface area contributed by atoms with Gasteiger partial charge in [-0.2, -0.15) is 0 Å². The topological polar surface area (TPSA) is 45.7 Å². The number of ether oxygens (including phenoxy) is 1. The Morgan fingerprint density at radius 2 is 1.86 bits per heavy atom. The lowest BCUT2D eigenvalue weighted by Gasteiger charge is -2.23. The summed E-state index contributed by atoms with van der Waals surface area (Å²) in [7, 11) is 3.16. The molecule has 0 heterocycles. The van der Waals surface area contributed by atoms with Gasteiger partial charge in [0.15, 0.2) is 11.3 Å². The molecule has 1 rings (SSSR count). The molecule has 1 unspecified atom stereocenters. The normalized spacial score (nSPS) is 13.5. The largest absolute Gasteiger partial charge is 0.481 e. The molecule has 1 aromatic rings. The number of halogens is 3. The van der Waals surface area contributed by atoms with Gasteiger partial charge in [-0.3, -0.25) is 0 Å². The van der Waals surface area contributed by atoms with Crippen LogP contribution in [0.4, 0.5) is 0 Å². The van der Waals surface area contributed by atoms with Crippen LogP contribution in [0.1, 0.15) is 11.1 Å². The van der Waals surface area contributed by atoms with Crippen LogP contribution in [0.2, 0.25) is 0 Å². The SMILES string of the molecule is CNC(=S)NC(/N=C(\OC)c1ccc(C)cc1)C(Cl)(Cl)Cl. The molecule has 0 saturated heterocycles. The molecule has 2 N–H and O–H groups in total. The van der Waals surface area contributed by atoms with Crippen LogP contribution in [0.25, 0.3) is 0 Å². The molecule has 4 nitrogen and oxygen atoms in total. The molecule has 0 amide bonds. The van der Waals surface area contributed by atoms with E-state index < -0.39 is 9.96 Å². The van der Waals surface area contributed by atoms with Gasteiger partial charge in [0.2, 0.25) is 9.69 Å². The van der Waals surface area contributed by atoms with Crippen molar-refractivity contribution in [1.29, 1.82) is 0 Å². The van der Waals surface area contributed by atoms with E-state index in [9.17, 15) is 0 Å². The molecule has 0 aliphatic rings. The molecular formula is C13H16Cl3N3OS. The van der Waals surface area contributed by atoms with Crippen molar-refractivity contribution in [2.45, 2.75) is 16.9 Å². The van der Waals surface area contributed by atoms with Gasteiger partial charge < -0.3 is 15.4 Å². The van der Waals surface area contributed by atoms with Gasteiger partial charge in [0.05, 0.1) is 7.11 Å². The number of nitrogens with zero attached hydrogens (tertiary/aromatic N) is 1. The number of thiocarbonyl (C=S) groups is 1. The highest BCUT2D eigenvalue weighted by molar-refractivity contribution is 7.80. The summed E-state index contributed by atoms with van der Waals surface area (Å²) in [5, 5.41) is 5.86. The van der Waals surface area contributed by atoms with Crippen molar-refractivity contribution in [2.75, 3.05) is 14.2 Å². The van der Waals surface area contributed by atoms with Crippen LogP contribution in [0.15, 0.2) is 29.3 Å². The van der Waals surface area contributed by atoms with E-state index in [1.165, 1.54) is 7.11 Å². The van der Waals surface area contributed by atoms with E-state index >= 15 is 0 Å². The number of hydrogen-bond donors (Lipinski definition) is 2. The van der Waals surface area contributed by atoms with Crippen LogP contribution in [0.3, 0.4) is 0 Å². The van der Waals surface area contributed by atoms with E-state index in [0.29, 0.717) is 11.0 Å². The van der Waals surface area contributed by atoms with Crippen molar-refractivity contribution in [1.82, 2.24) is 10.6 Å². The van der Waals surface area contributed by atoms with E-state index in [2.05, 4.69) is 15.6 Å². The van der Waals surface area contributed by atoms with Crippen molar-refractivity contribution >= 4 is 58.0 Å². The third-order valence-electron chi connectivity index (χ3n) is 2.54. The predicted octanol–water partition coefficient (Wildman–Crippen LogP) is 3.18. The third kappa shape index (κ3) is 5.87. The molecular weight excluding hydrogens is 353 g/mol. The number of aryl methyl sites for hydroxylation is 1. The number of benzene rings is 1. The number of hydrogen-bond acceptors (Lipinski definition) is 3. The molecule has 8 heteroatoms. The fourth-order valence-electron chi connectivity index (χ4n) is 1.44. The van der Waals surface area contributed by atoms with Crippen LogP contribution in [0.5, 0.6) is 0 Å². The lowest BCUT2D eigenvalue weighted by molar-refractivity contribution is 0.397. The number of nitrogens with one attached hydrogen (secondary N) is 2. The highest BCUT2D eigenvalue weighted by Gasteiger charge is 2.33. The second-order valence-corrected chi connectivity index (χ2v) is 6.95. The second kappa shape index (κ2) is 8.03. The average molecular weight is 369 g/mol. The van der Waals surface area contributed by atoms with Crippen LogP contribution < -0.4 is 10.6 Å². The minimum atomic E-state index is -1.69. The molecule has 0 bridgehead atoms. The molecule has 116 valence electrons. The zero-order valence-corrected chi connectivity index (χ0v) is 14.9. The molecule has 0 radical (unpaired) electrons. The monoisotopic (exact) mass is 367 g/mol. The summed E-state index contributed by atoms with van der Waals surface area (Å²) in [6.45, 7) is 1.99. The molecule has 0 aliphatic heterocycles. The van der Waals surface area contributed by atoms with Gasteiger partial charge in [0.1, 0.15) is 0 Å². The third-order valence-corrected chi connectivity index (χ3v) is 3.49. The number of rotatable bonds is 3. The van der Waals surface area contributed by atoms with Gasteiger partial charge in [-0.05, 0) is 31.3 Å². The first-order chi connectivity index (χ1) is 9.77. The molecule has 21 heavy (non-hydrogen) atoms. The zero-order chi connectivity index (χ0) is 16.0. The van der Waals surface area contributed by atoms with Gasteiger partial charge >= 0.3 is 0 Å². The van der Waals surface area contributed by atoms with E-state index in [0.717, 1.165) is 11.1 Å². The standard InChI is InChI=1S/C13H16Cl3N3OS/c1-8-4-6-9(7-5-8)10(20-3)18-11(13(14,15)16)19-12(21)17-2/h4-7,11H,1-3H3,(H2,17,19,21)/b18-10-. The first kappa shape index (κ1) is 18.3. The Morgan fingerprint density at radius 1 is 1.29 bits per heavy atom. The minimum Gasteiger partial charge on any atom is -0.481 e. The van der Waals surface area contributed by atoms with E-state index in [4.69, 9.17) is 51.8 Å². The molecule has 0 saturated carbocycles. The highest BCUT2D eigenvalue weighted by atomic mass is 35.6. The maximum atomic E-state index is 5.93. The Labute approximate surface area is 144 Å². The van der Waals surface area contributed by atoms with Crippen LogP contribution in [0, 0.1) is 6.92 Å². The van der Waals surface area contributed by atoms with Crippen molar-refractivity contribution in [2.24, 2.45) is 4.99 Å².